The van der Waals surface area contributed by atoms with Crippen LogP contribution in [0.3, 0.4) is 0 Å². The monoisotopic (exact) mass is 460 g/mol. The van der Waals surface area contributed by atoms with Crippen LogP contribution in [0, 0.1) is 0 Å². The van der Waals surface area contributed by atoms with Gasteiger partial charge in [0, 0.05) is 39.4 Å². The van der Waals surface area contributed by atoms with Gasteiger partial charge in [-0.05, 0) is 24.0 Å². The lowest BCUT2D eigenvalue weighted by Crippen LogP contribution is -2.53. The largest absolute Gasteiger partial charge is 0.376 e. The van der Waals surface area contributed by atoms with Gasteiger partial charge >= 0.3 is 0 Å². The number of hydrogen-bond acceptors (Lipinski definition) is 4. The van der Waals surface area contributed by atoms with Gasteiger partial charge < -0.3 is 14.8 Å². The zero-order valence-corrected chi connectivity index (χ0v) is 20.6. The maximum atomic E-state index is 5.93. The fraction of sp³-hybridized carbons (Fsp3) is 0.556. The molecule has 0 spiro atoms. The van der Waals surface area contributed by atoms with E-state index in [0.717, 1.165) is 45.8 Å². The normalized spacial score (nSPS) is 16.5. The molecule has 2 fully saturated rings. The van der Waals surface area contributed by atoms with Crippen LogP contribution in [0.1, 0.15) is 56.7 Å². The van der Waals surface area contributed by atoms with Crippen molar-refractivity contribution in [3.8, 4) is 0 Å². The molecule has 2 heterocycles. The van der Waals surface area contributed by atoms with Crippen molar-refractivity contribution in [3.05, 3.63) is 71.8 Å². The van der Waals surface area contributed by atoms with E-state index < -0.39 is 0 Å². The molecule has 2 aliphatic rings. The standard InChI is InChI=1S/C20H25NO.C7H15NO.ClH/c1-2-3-14-22-19-15-21(16-19)20(17-10-6-4-7-11-17)18-12-8-5-9-13-18;1-2-3-4-9-7-5-8-6-7;/h4-13,19-20H,2-3,14-16H2,1H3;7-8H,2-6H2,1H3;1H. The molecule has 178 valence electrons. The van der Waals surface area contributed by atoms with Crippen molar-refractivity contribution in [2.45, 2.75) is 57.8 Å². The van der Waals surface area contributed by atoms with Crippen LogP contribution < -0.4 is 5.32 Å². The van der Waals surface area contributed by atoms with Crippen LogP contribution in [0.2, 0.25) is 0 Å². The molecule has 2 aliphatic heterocycles. The van der Waals surface area contributed by atoms with Crippen LogP contribution in [0.4, 0.5) is 0 Å². The Bertz CT molecular complexity index is 667. The number of hydrogen-bond donors (Lipinski definition) is 1. The number of likely N-dealkylation sites (tertiary alicyclic amines) is 1. The van der Waals surface area contributed by atoms with Crippen LogP contribution in [0.5, 0.6) is 0 Å². The summed E-state index contributed by atoms with van der Waals surface area (Å²) in [6, 6.07) is 21.9. The van der Waals surface area contributed by atoms with E-state index in [-0.39, 0.29) is 12.4 Å². The first-order valence-corrected chi connectivity index (χ1v) is 12.1. The Labute approximate surface area is 201 Å². The van der Waals surface area contributed by atoms with Crippen molar-refractivity contribution in [1.82, 2.24) is 10.2 Å². The molecule has 0 aliphatic carbocycles. The number of ether oxygens (including phenoxy) is 2. The smallest absolute Gasteiger partial charge is 0.0829 e. The Morgan fingerprint density at radius 2 is 1.25 bits per heavy atom. The molecule has 5 heteroatoms. The third-order valence-corrected chi connectivity index (χ3v) is 5.92. The summed E-state index contributed by atoms with van der Waals surface area (Å²) in [7, 11) is 0. The van der Waals surface area contributed by atoms with Crippen LogP contribution in [-0.2, 0) is 9.47 Å². The summed E-state index contributed by atoms with van der Waals surface area (Å²) in [5.74, 6) is 0. The van der Waals surface area contributed by atoms with Crippen LogP contribution in [-0.4, -0.2) is 56.5 Å². The van der Waals surface area contributed by atoms with E-state index in [4.69, 9.17) is 9.47 Å². The average molecular weight is 461 g/mol. The lowest BCUT2D eigenvalue weighted by Gasteiger charge is -2.44. The number of benzene rings is 2. The molecule has 0 saturated carbocycles. The Morgan fingerprint density at radius 1 is 0.781 bits per heavy atom. The number of rotatable bonds is 11. The fourth-order valence-electron chi connectivity index (χ4n) is 3.84. The minimum absolute atomic E-state index is 0. The van der Waals surface area contributed by atoms with E-state index in [1.165, 1.54) is 30.4 Å². The molecule has 0 atom stereocenters. The van der Waals surface area contributed by atoms with E-state index in [9.17, 15) is 0 Å². The molecule has 1 N–H and O–H groups in total. The van der Waals surface area contributed by atoms with Gasteiger partial charge in [-0.25, -0.2) is 0 Å². The highest BCUT2D eigenvalue weighted by atomic mass is 35.5. The van der Waals surface area contributed by atoms with Gasteiger partial charge in [-0.1, -0.05) is 87.4 Å². The Morgan fingerprint density at radius 3 is 1.66 bits per heavy atom. The van der Waals surface area contributed by atoms with Gasteiger partial charge in [0.25, 0.3) is 0 Å². The first kappa shape index (κ1) is 26.8. The SMILES string of the molecule is CCCCOC1CN(C(c2ccccc2)c2ccccc2)C1.CCCCOC1CNC1.Cl. The van der Waals surface area contributed by atoms with Crippen molar-refractivity contribution < 1.29 is 9.47 Å². The summed E-state index contributed by atoms with van der Waals surface area (Å²) >= 11 is 0. The minimum Gasteiger partial charge on any atom is -0.376 e. The van der Waals surface area contributed by atoms with Crippen molar-refractivity contribution in [1.29, 1.82) is 0 Å². The van der Waals surface area contributed by atoms with Gasteiger partial charge in [-0.15, -0.1) is 12.4 Å². The number of nitrogens with one attached hydrogen (secondary N) is 1. The van der Waals surface area contributed by atoms with Gasteiger partial charge in [-0.3, -0.25) is 4.90 Å². The number of nitrogens with zero attached hydrogens (tertiary/aromatic N) is 1. The minimum atomic E-state index is 0. The van der Waals surface area contributed by atoms with Crippen molar-refractivity contribution in [2.75, 3.05) is 39.4 Å². The first-order valence-electron chi connectivity index (χ1n) is 12.1. The maximum Gasteiger partial charge on any atom is 0.0829 e. The van der Waals surface area contributed by atoms with E-state index in [2.05, 4.69) is 84.7 Å². The molecule has 0 unspecified atom stereocenters. The molecule has 0 bridgehead atoms. The van der Waals surface area contributed by atoms with Crippen LogP contribution in [0.25, 0.3) is 0 Å². The maximum absolute atomic E-state index is 5.93. The van der Waals surface area contributed by atoms with E-state index >= 15 is 0 Å². The fourth-order valence-corrected chi connectivity index (χ4v) is 3.84. The Kier molecular flexibility index (Phi) is 12.9. The summed E-state index contributed by atoms with van der Waals surface area (Å²) in [6.45, 7) is 10.4. The highest BCUT2D eigenvalue weighted by Crippen LogP contribution is 2.32. The third-order valence-electron chi connectivity index (χ3n) is 5.92. The molecule has 4 nitrogen and oxygen atoms in total. The molecule has 32 heavy (non-hydrogen) atoms. The summed E-state index contributed by atoms with van der Waals surface area (Å²) in [5.41, 5.74) is 2.72. The summed E-state index contributed by atoms with van der Waals surface area (Å²) in [4.78, 5) is 2.52. The molecule has 2 aromatic carbocycles. The number of halogens is 1. The van der Waals surface area contributed by atoms with Gasteiger partial charge in [-0.2, -0.15) is 0 Å². The molecular weight excluding hydrogens is 420 g/mol. The molecule has 2 saturated heterocycles. The zero-order valence-electron chi connectivity index (χ0n) is 19.7. The van der Waals surface area contributed by atoms with Crippen molar-refractivity contribution in [2.24, 2.45) is 0 Å². The third kappa shape index (κ3) is 8.49. The van der Waals surface area contributed by atoms with Gasteiger partial charge in [0.2, 0.25) is 0 Å². The van der Waals surface area contributed by atoms with Gasteiger partial charge in [0.05, 0.1) is 18.2 Å². The predicted molar refractivity (Wildman–Crippen MR) is 136 cm³/mol. The average Bonchev–Trinajstić information content (AvgIpc) is 2.75. The van der Waals surface area contributed by atoms with E-state index in [1.54, 1.807) is 0 Å². The molecule has 2 aromatic rings. The topological polar surface area (TPSA) is 33.7 Å². The first-order chi connectivity index (χ1) is 15.3. The van der Waals surface area contributed by atoms with Crippen molar-refractivity contribution in [3.63, 3.8) is 0 Å². The van der Waals surface area contributed by atoms with Crippen LogP contribution in [0.15, 0.2) is 60.7 Å². The lowest BCUT2D eigenvalue weighted by molar-refractivity contribution is -0.0670. The molecule has 4 rings (SSSR count). The van der Waals surface area contributed by atoms with E-state index in [0.29, 0.717) is 18.2 Å². The van der Waals surface area contributed by atoms with Crippen LogP contribution >= 0.6 is 12.4 Å². The Hall–Kier alpha value is -1.43. The number of unbranched alkanes of at least 4 members (excludes halogenated alkanes) is 2. The van der Waals surface area contributed by atoms with Gasteiger partial charge in [0.15, 0.2) is 0 Å². The van der Waals surface area contributed by atoms with Gasteiger partial charge in [0.1, 0.15) is 0 Å². The lowest BCUT2D eigenvalue weighted by atomic mass is 9.94. The highest BCUT2D eigenvalue weighted by Gasteiger charge is 2.34. The summed E-state index contributed by atoms with van der Waals surface area (Å²) < 4.78 is 11.4. The second-order valence-corrected chi connectivity index (χ2v) is 8.53. The van der Waals surface area contributed by atoms with Crippen molar-refractivity contribution >= 4 is 12.4 Å². The highest BCUT2D eigenvalue weighted by molar-refractivity contribution is 5.85. The molecule has 0 aromatic heterocycles. The van der Waals surface area contributed by atoms with E-state index in [1.807, 2.05) is 0 Å². The molecule has 0 radical (unpaired) electrons. The second-order valence-electron chi connectivity index (χ2n) is 8.53. The summed E-state index contributed by atoms with van der Waals surface area (Å²) in [5, 5.41) is 3.16. The molecule has 0 amide bonds. The predicted octanol–water partition coefficient (Wildman–Crippen LogP) is 5.47. The zero-order chi connectivity index (χ0) is 21.7. The molecular formula is C27H41ClN2O2. The summed E-state index contributed by atoms with van der Waals surface area (Å²) in [6.07, 6.45) is 5.74. The second kappa shape index (κ2) is 15.4. The quantitative estimate of drug-likeness (QED) is 0.450. The Balaban J connectivity index is 0.000000307.